The fourth-order valence-corrected chi connectivity index (χ4v) is 3.23. The molecule has 0 bridgehead atoms. The minimum Gasteiger partial charge on any atom is -0.300 e. The summed E-state index contributed by atoms with van der Waals surface area (Å²) in [6.45, 7) is 0. The SMILES string of the molecule is O=C1CC(c2ccc(Cl)cc2)[C@H](c2ccc(Cl)cc2)C1. The maximum Gasteiger partial charge on any atom is 0.134 e. The summed E-state index contributed by atoms with van der Waals surface area (Å²) >= 11 is 11.9. The van der Waals surface area contributed by atoms with Crippen molar-refractivity contribution in [3.63, 3.8) is 0 Å². The zero-order valence-electron chi connectivity index (χ0n) is 10.9. The smallest absolute Gasteiger partial charge is 0.134 e. The molecule has 3 rings (SSSR count). The van der Waals surface area contributed by atoms with Gasteiger partial charge in [0.05, 0.1) is 0 Å². The molecule has 20 heavy (non-hydrogen) atoms. The number of hydrogen-bond donors (Lipinski definition) is 0. The van der Waals surface area contributed by atoms with Crippen molar-refractivity contribution in [2.45, 2.75) is 24.7 Å². The highest BCUT2D eigenvalue weighted by molar-refractivity contribution is 6.30. The Morgan fingerprint density at radius 2 is 1.05 bits per heavy atom. The second-order valence-corrected chi connectivity index (χ2v) is 6.14. The van der Waals surface area contributed by atoms with Crippen LogP contribution in [-0.4, -0.2) is 5.78 Å². The van der Waals surface area contributed by atoms with Gasteiger partial charge >= 0.3 is 0 Å². The van der Waals surface area contributed by atoms with Crippen molar-refractivity contribution >= 4 is 29.0 Å². The van der Waals surface area contributed by atoms with Crippen molar-refractivity contribution in [3.05, 3.63) is 69.7 Å². The van der Waals surface area contributed by atoms with Gasteiger partial charge in [-0.05, 0) is 47.2 Å². The molecule has 1 fully saturated rings. The van der Waals surface area contributed by atoms with E-state index in [1.165, 1.54) is 11.1 Å². The molecule has 0 N–H and O–H groups in total. The molecule has 0 aromatic heterocycles. The summed E-state index contributed by atoms with van der Waals surface area (Å²) in [5, 5.41) is 1.45. The van der Waals surface area contributed by atoms with Crippen LogP contribution < -0.4 is 0 Å². The maximum absolute atomic E-state index is 11.9. The topological polar surface area (TPSA) is 17.1 Å². The molecular weight excluding hydrogens is 291 g/mol. The van der Waals surface area contributed by atoms with Crippen molar-refractivity contribution in [3.8, 4) is 0 Å². The maximum atomic E-state index is 11.9. The van der Waals surface area contributed by atoms with E-state index in [0.29, 0.717) is 18.6 Å². The lowest BCUT2D eigenvalue weighted by molar-refractivity contribution is -0.117. The Balaban J connectivity index is 1.94. The van der Waals surface area contributed by atoms with Gasteiger partial charge in [-0.3, -0.25) is 4.79 Å². The first kappa shape index (κ1) is 13.7. The highest BCUT2D eigenvalue weighted by Gasteiger charge is 2.34. The molecule has 1 aliphatic rings. The monoisotopic (exact) mass is 304 g/mol. The van der Waals surface area contributed by atoms with Crippen molar-refractivity contribution in [1.29, 1.82) is 0 Å². The van der Waals surface area contributed by atoms with Crippen LogP contribution in [-0.2, 0) is 4.79 Å². The fraction of sp³-hybridized carbons (Fsp3) is 0.235. The van der Waals surface area contributed by atoms with Gasteiger partial charge < -0.3 is 0 Å². The third kappa shape index (κ3) is 2.74. The third-order valence-corrected chi connectivity index (χ3v) is 4.48. The van der Waals surface area contributed by atoms with Gasteiger partial charge in [0.25, 0.3) is 0 Å². The number of hydrogen-bond acceptors (Lipinski definition) is 1. The molecule has 1 aliphatic carbocycles. The molecule has 0 heterocycles. The molecule has 2 aromatic carbocycles. The summed E-state index contributed by atoms with van der Waals surface area (Å²) in [7, 11) is 0. The van der Waals surface area contributed by atoms with Gasteiger partial charge in [-0.25, -0.2) is 0 Å². The third-order valence-electron chi connectivity index (χ3n) is 3.98. The van der Waals surface area contributed by atoms with E-state index in [0.717, 1.165) is 10.0 Å². The zero-order valence-corrected chi connectivity index (χ0v) is 12.4. The number of Topliss-reactive ketones (excluding diaryl/α,β-unsaturated/α-hetero) is 1. The second-order valence-electron chi connectivity index (χ2n) is 5.26. The van der Waals surface area contributed by atoms with Gasteiger partial charge in [-0.15, -0.1) is 0 Å². The Kier molecular flexibility index (Phi) is 3.82. The summed E-state index contributed by atoms with van der Waals surface area (Å²) in [6, 6.07) is 15.6. The number of carbonyl (C=O) groups is 1. The average Bonchev–Trinajstić information content (AvgIpc) is 2.82. The molecule has 1 saturated carbocycles. The average molecular weight is 305 g/mol. The van der Waals surface area contributed by atoms with E-state index >= 15 is 0 Å². The standard InChI is InChI=1S/C17H14Cl2O/c18-13-5-1-11(2-6-13)16-9-15(20)10-17(16)12-3-7-14(19)8-4-12/h1-8,16-17H,9-10H2/t16-,17?/m0/s1. The Bertz CT molecular complexity index is 561. The van der Waals surface area contributed by atoms with Crippen LogP contribution in [0.2, 0.25) is 10.0 Å². The first-order valence-electron chi connectivity index (χ1n) is 6.66. The first-order chi connectivity index (χ1) is 9.63. The van der Waals surface area contributed by atoms with Gasteiger partial charge in [0.15, 0.2) is 0 Å². The van der Waals surface area contributed by atoms with Crippen LogP contribution in [0.3, 0.4) is 0 Å². The molecule has 3 heteroatoms. The molecule has 0 spiro atoms. The normalized spacial score (nSPS) is 22.2. The van der Waals surface area contributed by atoms with E-state index in [2.05, 4.69) is 0 Å². The largest absolute Gasteiger partial charge is 0.300 e. The Morgan fingerprint density at radius 1 is 0.700 bits per heavy atom. The summed E-state index contributed by atoms with van der Waals surface area (Å²) in [6.07, 6.45) is 1.21. The van der Waals surface area contributed by atoms with Gasteiger partial charge in [0.1, 0.15) is 5.78 Å². The van der Waals surface area contributed by atoms with Crippen LogP contribution in [0.15, 0.2) is 48.5 Å². The van der Waals surface area contributed by atoms with Crippen LogP contribution in [0, 0.1) is 0 Å². The summed E-state index contributed by atoms with van der Waals surface area (Å²) < 4.78 is 0. The van der Waals surface area contributed by atoms with E-state index in [4.69, 9.17) is 23.2 Å². The molecule has 1 unspecified atom stereocenters. The predicted molar refractivity (Wildman–Crippen MR) is 82.6 cm³/mol. The minimum atomic E-state index is 0.237. The highest BCUT2D eigenvalue weighted by atomic mass is 35.5. The van der Waals surface area contributed by atoms with Crippen LogP contribution >= 0.6 is 23.2 Å². The Hall–Kier alpha value is -1.31. The minimum absolute atomic E-state index is 0.237. The molecular formula is C17H14Cl2O. The number of halogens is 2. The van der Waals surface area contributed by atoms with Crippen molar-refractivity contribution < 1.29 is 4.79 Å². The van der Waals surface area contributed by atoms with E-state index in [9.17, 15) is 4.79 Å². The van der Waals surface area contributed by atoms with Crippen molar-refractivity contribution in [2.24, 2.45) is 0 Å². The lowest BCUT2D eigenvalue weighted by atomic mass is 9.84. The molecule has 2 aromatic rings. The Morgan fingerprint density at radius 3 is 1.40 bits per heavy atom. The van der Waals surface area contributed by atoms with Crippen LogP contribution in [0.5, 0.6) is 0 Å². The molecule has 102 valence electrons. The van der Waals surface area contributed by atoms with E-state index in [-0.39, 0.29) is 11.8 Å². The summed E-state index contributed by atoms with van der Waals surface area (Å²) in [5.41, 5.74) is 2.36. The van der Waals surface area contributed by atoms with Gasteiger partial charge in [0.2, 0.25) is 0 Å². The molecule has 0 aliphatic heterocycles. The van der Waals surface area contributed by atoms with Crippen molar-refractivity contribution in [2.75, 3.05) is 0 Å². The van der Waals surface area contributed by atoms with E-state index in [1.807, 2.05) is 48.5 Å². The molecule has 2 atom stereocenters. The molecule has 0 amide bonds. The quantitative estimate of drug-likeness (QED) is 0.743. The lowest BCUT2D eigenvalue weighted by Gasteiger charge is -2.19. The number of rotatable bonds is 2. The van der Waals surface area contributed by atoms with Crippen LogP contribution in [0.25, 0.3) is 0 Å². The predicted octanol–water partition coefficient (Wildman–Crippen LogP) is 5.22. The highest BCUT2D eigenvalue weighted by Crippen LogP contribution is 2.44. The van der Waals surface area contributed by atoms with E-state index in [1.54, 1.807) is 0 Å². The number of benzene rings is 2. The first-order valence-corrected chi connectivity index (χ1v) is 7.42. The number of carbonyl (C=O) groups excluding carboxylic acids is 1. The molecule has 1 nitrogen and oxygen atoms in total. The number of ketones is 1. The van der Waals surface area contributed by atoms with Crippen molar-refractivity contribution in [1.82, 2.24) is 0 Å². The van der Waals surface area contributed by atoms with Gasteiger partial charge in [-0.2, -0.15) is 0 Å². The lowest BCUT2D eigenvalue weighted by Crippen LogP contribution is -2.04. The second kappa shape index (κ2) is 5.59. The zero-order chi connectivity index (χ0) is 14.1. The molecule has 0 radical (unpaired) electrons. The summed E-state index contributed by atoms with van der Waals surface area (Å²) in [5.74, 6) is 0.798. The molecule has 0 saturated heterocycles. The van der Waals surface area contributed by atoms with Crippen LogP contribution in [0.4, 0.5) is 0 Å². The Labute approximate surface area is 128 Å². The van der Waals surface area contributed by atoms with Gasteiger partial charge in [0, 0.05) is 22.9 Å². The summed E-state index contributed by atoms with van der Waals surface area (Å²) in [4.78, 5) is 11.9. The van der Waals surface area contributed by atoms with Gasteiger partial charge in [-0.1, -0.05) is 47.5 Å². The van der Waals surface area contributed by atoms with E-state index < -0.39 is 0 Å². The van der Waals surface area contributed by atoms with Crippen LogP contribution in [0.1, 0.15) is 35.8 Å². The fourth-order valence-electron chi connectivity index (χ4n) is 2.98.